The van der Waals surface area contributed by atoms with Crippen molar-refractivity contribution in [2.75, 3.05) is 50.6 Å². The third-order valence-electron chi connectivity index (χ3n) is 4.22. The van der Waals surface area contributed by atoms with Crippen molar-refractivity contribution < 1.29 is 14.6 Å². The van der Waals surface area contributed by atoms with E-state index in [0.29, 0.717) is 5.82 Å². The van der Waals surface area contributed by atoms with Gasteiger partial charge in [0.05, 0.1) is 13.2 Å². The number of aliphatic hydroxyl groups excluding tert-OH is 1. The molecule has 0 radical (unpaired) electrons. The highest BCUT2D eigenvalue weighted by molar-refractivity contribution is 5.99. The van der Waals surface area contributed by atoms with Crippen molar-refractivity contribution in [2.24, 2.45) is 0 Å². The van der Waals surface area contributed by atoms with Gasteiger partial charge in [-0.2, -0.15) is 0 Å². The number of rotatable bonds is 6. The summed E-state index contributed by atoms with van der Waals surface area (Å²) in [6.07, 6.45) is 5.25. The number of carbonyl (C=O) groups excluding carboxylic acids is 1. The second-order valence-electron chi connectivity index (χ2n) is 6.46. The molecule has 170 valence electrons. The minimum absolute atomic E-state index is 0.144. The van der Waals surface area contributed by atoms with Gasteiger partial charge < -0.3 is 20.5 Å². The lowest BCUT2D eigenvalue weighted by atomic mass is 10.2. The van der Waals surface area contributed by atoms with Gasteiger partial charge in [-0.1, -0.05) is 26.0 Å². The lowest BCUT2D eigenvalue weighted by Gasteiger charge is -2.25. The van der Waals surface area contributed by atoms with Gasteiger partial charge in [0.2, 0.25) is 5.91 Å². The highest BCUT2D eigenvalue weighted by Crippen LogP contribution is 2.21. The van der Waals surface area contributed by atoms with Gasteiger partial charge in [-0.25, -0.2) is 9.97 Å². The lowest BCUT2D eigenvalue weighted by Crippen LogP contribution is -2.36. The van der Waals surface area contributed by atoms with Crippen LogP contribution < -0.4 is 10.6 Å². The highest BCUT2D eigenvalue weighted by atomic mass is 16.5. The largest absolute Gasteiger partial charge is 0.400 e. The molecule has 31 heavy (non-hydrogen) atoms. The van der Waals surface area contributed by atoms with E-state index in [1.165, 1.54) is 0 Å². The van der Waals surface area contributed by atoms with E-state index < -0.39 is 0 Å². The number of morpholine rings is 1. The van der Waals surface area contributed by atoms with E-state index >= 15 is 0 Å². The highest BCUT2D eigenvalue weighted by Gasteiger charge is 2.08. The normalized spacial score (nSPS) is 13.5. The Morgan fingerprint density at radius 3 is 2.58 bits per heavy atom. The molecule has 1 aliphatic rings. The fraction of sp³-hybridized carbons (Fsp3) is 0.435. The van der Waals surface area contributed by atoms with E-state index in [4.69, 9.17) is 9.84 Å². The monoisotopic (exact) mass is 429 g/mol. The van der Waals surface area contributed by atoms with Gasteiger partial charge in [0.1, 0.15) is 11.6 Å². The van der Waals surface area contributed by atoms with Crippen LogP contribution in [0.5, 0.6) is 0 Å². The van der Waals surface area contributed by atoms with Crippen LogP contribution in [0.1, 0.15) is 25.2 Å². The van der Waals surface area contributed by atoms with E-state index in [0.717, 1.165) is 62.7 Å². The van der Waals surface area contributed by atoms with Crippen molar-refractivity contribution in [3.8, 4) is 0 Å². The molecule has 1 aromatic heterocycles. The summed E-state index contributed by atoms with van der Waals surface area (Å²) in [4.78, 5) is 23.0. The summed E-state index contributed by atoms with van der Waals surface area (Å²) in [7, 11) is 1.00. The van der Waals surface area contributed by atoms with E-state index in [2.05, 4.69) is 25.5 Å². The molecule has 1 aliphatic heterocycles. The Hall–Kier alpha value is -2.81. The molecule has 0 atom stereocenters. The first-order chi connectivity index (χ1) is 15.1. The number of ether oxygens (including phenoxy) is 1. The van der Waals surface area contributed by atoms with Gasteiger partial charge in [-0.05, 0) is 32.0 Å². The van der Waals surface area contributed by atoms with Gasteiger partial charge in [0.25, 0.3) is 0 Å². The van der Waals surface area contributed by atoms with Gasteiger partial charge in [-0.15, -0.1) is 0 Å². The Kier molecular flexibility index (Phi) is 12.7. The van der Waals surface area contributed by atoms with Crippen LogP contribution in [0, 0.1) is 13.8 Å². The van der Waals surface area contributed by atoms with Crippen LogP contribution >= 0.6 is 0 Å². The van der Waals surface area contributed by atoms with Gasteiger partial charge in [-0.3, -0.25) is 9.69 Å². The predicted molar refractivity (Wildman–Crippen MR) is 126 cm³/mol. The molecule has 3 rings (SSSR count). The van der Waals surface area contributed by atoms with E-state index in [9.17, 15) is 4.79 Å². The van der Waals surface area contributed by atoms with Gasteiger partial charge in [0.15, 0.2) is 0 Å². The number of carbonyl (C=O) groups is 1. The SMILES string of the molecule is CC.CO.Cc1ncc(C)c(Nc2cccc(NC(=O)/C=C/CN3CCOCC3)c2)n1. The number of hydrogen-bond donors (Lipinski definition) is 3. The zero-order valence-corrected chi connectivity index (χ0v) is 19.2. The maximum absolute atomic E-state index is 12.1. The molecule has 8 heteroatoms. The number of aryl methyl sites for hydroxylation is 2. The van der Waals surface area contributed by atoms with Crippen LogP contribution in [0.2, 0.25) is 0 Å². The molecule has 0 aliphatic carbocycles. The van der Waals surface area contributed by atoms with E-state index in [-0.39, 0.29) is 5.91 Å². The number of amides is 1. The predicted octanol–water partition coefficient (Wildman–Crippen LogP) is 3.30. The third kappa shape index (κ3) is 9.69. The Labute approximate surface area is 185 Å². The van der Waals surface area contributed by atoms with Gasteiger partial charge >= 0.3 is 0 Å². The Morgan fingerprint density at radius 2 is 1.87 bits per heavy atom. The van der Waals surface area contributed by atoms with Crippen LogP contribution in [-0.4, -0.2) is 65.8 Å². The molecule has 0 saturated carbocycles. The van der Waals surface area contributed by atoms with Crippen LogP contribution in [0.25, 0.3) is 0 Å². The zero-order chi connectivity index (χ0) is 23.1. The Morgan fingerprint density at radius 1 is 1.19 bits per heavy atom. The average Bonchev–Trinajstić information content (AvgIpc) is 2.80. The van der Waals surface area contributed by atoms with Crippen molar-refractivity contribution in [1.29, 1.82) is 0 Å². The Balaban J connectivity index is 0.00000113. The maximum Gasteiger partial charge on any atom is 0.248 e. The molecule has 0 unspecified atom stereocenters. The summed E-state index contributed by atoms with van der Waals surface area (Å²) in [5.41, 5.74) is 2.54. The molecule has 1 fully saturated rings. The first-order valence-corrected chi connectivity index (χ1v) is 10.5. The minimum atomic E-state index is -0.144. The number of benzene rings is 1. The number of hydrogen-bond acceptors (Lipinski definition) is 7. The number of aliphatic hydroxyl groups is 1. The quantitative estimate of drug-likeness (QED) is 0.606. The fourth-order valence-corrected chi connectivity index (χ4v) is 2.74. The Bertz CT molecular complexity index is 821. The van der Waals surface area contributed by atoms with Crippen molar-refractivity contribution in [1.82, 2.24) is 14.9 Å². The number of anilines is 3. The molecule has 3 N–H and O–H groups in total. The zero-order valence-electron chi connectivity index (χ0n) is 19.2. The molecule has 1 amide bonds. The van der Waals surface area contributed by atoms with Crippen LogP contribution in [0.3, 0.4) is 0 Å². The summed E-state index contributed by atoms with van der Waals surface area (Å²) in [5.74, 6) is 1.32. The number of nitrogens with one attached hydrogen (secondary N) is 2. The summed E-state index contributed by atoms with van der Waals surface area (Å²) < 4.78 is 5.31. The van der Waals surface area contributed by atoms with E-state index in [1.807, 2.05) is 58.0 Å². The van der Waals surface area contributed by atoms with Crippen molar-refractivity contribution in [2.45, 2.75) is 27.7 Å². The maximum atomic E-state index is 12.1. The molecule has 2 heterocycles. The number of aromatic nitrogens is 2. The molecule has 0 bridgehead atoms. The first kappa shape index (κ1) is 26.2. The van der Waals surface area contributed by atoms with Crippen LogP contribution in [0.15, 0.2) is 42.6 Å². The summed E-state index contributed by atoms with van der Waals surface area (Å²) in [6, 6.07) is 7.56. The second kappa shape index (κ2) is 15.1. The topological polar surface area (TPSA) is 99.6 Å². The first-order valence-electron chi connectivity index (χ1n) is 10.5. The molecule has 1 aromatic carbocycles. The smallest absolute Gasteiger partial charge is 0.248 e. The van der Waals surface area contributed by atoms with Crippen molar-refractivity contribution in [3.63, 3.8) is 0 Å². The summed E-state index contributed by atoms with van der Waals surface area (Å²) >= 11 is 0. The van der Waals surface area contributed by atoms with Crippen LogP contribution in [0.4, 0.5) is 17.2 Å². The summed E-state index contributed by atoms with van der Waals surface area (Å²) in [6.45, 7) is 11.9. The van der Waals surface area contributed by atoms with Gasteiger partial charge in [0, 0.05) is 56.0 Å². The third-order valence-corrected chi connectivity index (χ3v) is 4.22. The molecule has 2 aromatic rings. The van der Waals surface area contributed by atoms with Crippen LogP contribution in [-0.2, 0) is 9.53 Å². The molecule has 0 spiro atoms. The average molecular weight is 430 g/mol. The van der Waals surface area contributed by atoms with E-state index in [1.54, 1.807) is 12.3 Å². The number of nitrogens with zero attached hydrogens (tertiary/aromatic N) is 3. The summed E-state index contributed by atoms with van der Waals surface area (Å²) in [5, 5.41) is 13.2. The van der Waals surface area contributed by atoms with Crippen molar-refractivity contribution >= 4 is 23.1 Å². The standard InChI is InChI=1S/C20H25N5O2.C2H6.CH4O/c1-15-14-21-16(2)22-20(15)24-18-6-3-5-17(13-18)23-19(26)7-4-8-25-9-11-27-12-10-25;2*1-2/h3-7,13-14H,8-12H2,1-2H3,(H,23,26)(H,21,22,24);1-2H3;2H,1H3/b7-4+;;. The molecule has 8 nitrogen and oxygen atoms in total. The second-order valence-corrected chi connectivity index (χ2v) is 6.46. The molecular weight excluding hydrogens is 394 g/mol. The molecular formula is C23H35N5O3. The fourth-order valence-electron chi connectivity index (χ4n) is 2.74. The lowest BCUT2D eigenvalue weighted by molar-refractivity contribution is -0.111. The van der Waals surface area contributed by atoms with Crippen molar-refractivity contribution in [3.05, 3.63) is 54.0 Å². The molecule has 1 saturated heterocycles. The minimum Gasteiger partial charge on any atom is -0.400 e.